The molecule has 0 N–H and O–H groups in total. The Hall–Kier alpha value is 2.34. The monoisotopic (exact) mass is 978 g/mol. The van der Waals surface area contributed by atoms with Gasteiger partial charge in [-0.3, -0.25) is 0 Å². The number of hydrogen-bond donors (Lipinski definition) is 0. The molecule has 0 bridgehead atoms. The fraction of sp³-hybridized carbons (Fsp3) is 0.833. The molecule has 0 aliphatic heterocycles. The molecule has 0 spiro atoms. The molecule has 1 aromatic rings. The first kappa shape index (κ1) is 42.4. The first-order chi connectivity index (χ1) is 20.7. The van der Waals surface area contributed by atoms with Crippen LogP contribution in [0, 0.1) is 0 Å². The first-order valence-electron chi connectivity index (χ1n) is 17.3. The quantitative estimate of drug-likeness (QED) is 0.0533. The van der Waals surface area contributed by atoms with E-state index in [2.05, 4.69) is 41.5 Å². The Labute approximate surface area is 302 Å². The molecule has 0 aliphatic rings. The predicted molar refractivity (Wildman–Crippen MR) is 201 cm³/mol. The van der Waals surface area contributed by atoms with E-state index in [1.165, 1.54) is 141 Å². The summed E-state index contributed by atoms with van der Waals surface area (Å²) in [4.78, 5) is 0. The van der Waals surface area contributed by atoms with E-state index in [0.29, 0.717) is 0 Å². The van der Waals surface area contributed by atoms with Crippen molar-refractivity contribution in [2.45, 2.75) is 182 Å². The van der Waals surface area contributed by atoms with Gasteiger partial charge in [-0.1, -0.05) is 0 Å². The molecule has 0 saturated carbocycles. The molecule has 0 heterocycles. The predicted octanol–water partition coefficient (Wildman–Crippen LogP) is 10.2. The van der Waals surface area contributed by atoms with Crippen LogP contribution in [0.4, 0.5) is 0 Å². The summed E-state index contributed by atoms with van der Waals surface area (Å²) in [6, 6.07) is 0. The molecule has 0 aromatic heterocycles. The third-order valence-corrected chi connectivity index (χ3v) is 21.0. The average molecular weight is 973 g/mol. The molecule has 0 radical (unpaired) electrons. The summed E-state index contributed by atoms with van der Waals surface area (Å²) < 4.78 is 0. The van der Waals surface area contributed by atoms with E-state index in [0.717, 1.165) is 89.7 Å². The van der Waals surface area contributed by atoms with Crippen LogP contribution in [0.5, 0.6) is 0 Å². The molecule has 0 atom stereocenters. The summed E-state index contributed by atoms with van der Waals surface area (Å²) in [6.45, 7) is 14.3. The van der Waals surface area contributed by atoms with Crippen molar-refractivity contribution in [3.05, 3.63) is 33.4 Å². The van der Waals surface area contributed by atoms with E-state index in [-0.39, 0.29) is 0 Å². The zero-order valence-corrected chi connectivity index (χ0v) is 38.7. The van der Waals surface area contributed by atoms with E-state index in [1.807, 2.05) is 33.4 Å². The second-order valence-electron chi connectivity index (χ2n) is 11.3. The van der Waals surface area contributed by atoms with Crippen LogP contribution in [0.3, 0.4) is 0 Å². The van der Waals surface area contributed by atoms with Gasteiger partial charge >= 0.3 is 306 Å². The summed E-state index contributed by atoms with van der Waals surface area (Å²) in [5.41, 5.74) is 11.8. The van der Waals surface area contributed by atoms with Gasteiger partial charge in [0.15, 0.2) is 0 Å². The van der Waals surface area contributed by atoms with Crippen molar-refractivity contribution >= 4 is 89.7 Å². The van der Waals surface area contributed by atoms with Gasteiger partial charge in [-0.05, 0) is 0 Å². The van der Waals surface area contributed by atoms with Gasteiger partial charge < -0.3 is 0 Å². The summed E-state index contributed by atoms with van der Waals surface area (Å²) >= 11 is 4.72. The summed E-state index contributed by atoms with van der Waals surface area (Å²) in [6.07, 6.45) is 16.9. The first-order valence-corrected chi connectivity index (χ1v) is 31.9. The molecule has 0 fully saturated rings. The van der Waals surface area contributed by atoms with Crippen molar-refractivity contribution in [1.82, 2.24) is 0 Å². The van der Waals surface area contributed by atoms with Crippen LogP contribution >= 0.6 is 0 Å². The molecular formula is C36H66Se6. The van der Waals surface area contributed by atoms with Crippen molar-refractivity contribution in [3.63, 3.8) is 0 Å². The maximum absolute atomic E-state index is 2.39. The van der Waals surface area contributed by atoms with E-state index >= 15 is 0 Å². The van der Waals surface area contributed by atoms with Crippen molar-refractivity contribution in [2.75, 3.05) is 0 Å². The van der Waals surface area contributed by atoms with Gasteiger partial charge in [0.25, 0.3) is 0 Å². The Morgan fingerprint density at radius 1 is 0.262 bits per heavy atom. The van der Waals surface area contributed by atoms with Crippen LogP contribution in [0.25, 0.3) is 0 Å². The van der Waals surface area contributed by atoms with Crippen LogP contribution in [-0.2, 0) is 31.9 Å². The minimum absolute atomic E-state index is 0.786. The fourth-order valence-electron chi connectivity index (χ4n) is 4.66. The molecule has 1 aromatic carbocycles. The van der Waals surface area contributed by atoms with Gasteiger partial charge in [0, 0.05) is 0 Å². The van der Waals surface area contributed by atoms with E-state index < -0.39 is 0 Å². The topological polar surface area (TPSA) is 0 Å². The second kappa shape index (κ2) is 30.7. The van der Waals surface area contributed by atoms with Gasteiger partial charge in [0.2, 0.25) is 0 Å². The number of benzene rings is 1. The van der Waals surface area contributed by atoms with Crippen molar-refractivity contribution in [3.8, 4) is 0 Å². The van der Waals surface area contributed by atoms with Gasteiger partial charge in [-0.15, -0.1) is 0 Å². The van der Waals surface area contributed by atoms with E-state index in [1.54, 1.807) is 0 Å². The molecule has 42 heavy (non-hydrogen) atoms. The Morgan fingerprint density at radius 3 is 0.524 bits per heavy atom. The zero-order valence-electron chi connectivity index (χ0n) is 28.4. The Morgan fingerprint density at radius 2 is 0.405 bits per heavy atom. The molecule has 0 nitrogen and oxygen atoms in total. The van der Waals surface area contributed by atoms with Gasteiger partial charge in [0.1, 0.15) is 0 Å². The Kier molecular flexibility index (Phi) is 30.9. The number of hydrogen-bond acceptors (Lipinski definition) is 0. The summed E-state index contributed by atoms with van der Waals surface area (Å²) in [5.74, 6) is 0. The number of rotatable bonds is 30. The van der Waals surface area contributed by atoms with Gasteiger partial charge in [-0.2, -0.15) is 0 Å². The standard InChI is InChI=1S/C36H66Se6/c1-7-13-19-37-25-31-32(26-38-20-14-8-2)34(28-40-22-16-10-4)36(30-42-24-18-12-6)35(29-41-23-17-11-5)33(31)27-39-21-15-9-3/h7-30H2,1-6H3. The van der Waals surface area contributed by atoms with Crippen LogP contribution in [0.1, 0.15) is 152 Å². The summed E-state index contributed by atoms with van der Waals surface area (Å²) in [5, 5.41) is 17.7. The molecular weight excluding hydrogens is 906 g/mol. The molecule has 6 heteroatoms. The molecule has 0 unspecified atom stereocenters. The van der Waals surface area contributed by atoms with Crippen molar-refractivity contribution in [2.24, 2.45) is 0 Å². The fourth-order valence-corrected chi connectivity index (χ4v) is 19.6. The van der Waals surface area contributed by atoms with Gasteiger partial charge in [0.05, 0.1) is 0 Å². The van der Waals surface area contributed by atoms with Crippen LogP contribution in [0.15, 0.2) is 0 Å². The van der Waals surface area contributed by atoms with Crippen molar-refractivity contribution in [1.29, 1.82) is 0 Å². The van der Waals surface area contributed by atoms with Gasteiger partial charge in [-0.25, -0.2) is 0 Å². The van der Waals surface area contributed by atoms with Crippen LogP contribution in [0.2, 0.25) is 31.9 Å². The van der Waals surface area contributed by atoms with E-state index in [4.69, 9.17) is 0 Å². The number of unbranched alkanes of at least 4 members (excludes halogenated alkanes) is 6. The average Bonchev–Trinajstić information content (AvgIpc) is 3.00. The molecule has 0 amide bonds. The maximum atomic E-state index is 2.39. The summed E-state index contributed by atoms with van der Waals surface area (Å²) in [7, 11) is 0. The van der Waals surface area contributed by atoms with Crippen LogP contribution < -0.4 is 0 Å². The normalized spacial score (nSPS) is 11.6. The molecule has 1 rings (SSSR count). The zero-order chi connectivity index (χ0) is 30.7. The molecule has 246 valence electrons. The second-order valence-corrected chi connectivity index (χ2v) is 25.2. The third-order valence-electron chi connectivity index (χ3n) is 7.52. The Balaban J connectivity index is 3.74. The molecule has 0 saturated heterocycles. The SMILES string of the molecule is CCCC[Se]Cc1c(C[Se]CCCC)c(C[Se]CCCC)c(C[Se]CCCC)c(C[Se]CCCC)c1C[Se]CCCC. The third kappa shape index (κ3) is 18.6. The molecule has 0 aliphatic carbocycles. The van der Waals surface area contributed by atoms with Crippen molar-refractivity contribution < 1.29 is 0 Å². The van der Waals surface area contributed by atoms with E-state index in [9.17, 15) is 0 Å². The minimum atomic E-state index is 0.786. The Bertz CT molecular complexity index is 583. The van der Waals surface area contributed by atoms with Crippen LogP contribution in [-0.4, -0.2) is 89.7 Å².